The van der Waals surface area contributed by atoms with E-state index in [9.17, 15) is 19.8 Å². The van der Waals surface area contributed by atoms with Gasteiger partial charge in [0.25, 0.3) is 0 Å². The molecule has 4 aromatic rings. The fraction of sp³-hybridized carbons (Fsp3) is 0. The molecule has 0 aliphatic rings. The number of carbonyl (C=O) groups excluding carboxylic acids is 2. The van der Waals surface area contributed by atoms with Crippen molar-refractivity contribution in [3.05, 3.63) is 108 Å². The maximum absolute atomic E-state index is 12.6. The molecule has 4 N–H and O–H groups in total. The summed E-state index contributed by atoms with van der Waals surface area (Å²) in [7, 11) is 0. The molecule has 34 heavy (non-hydrogen) atoms. The first-order chi connectivity index (χ1) is 16.5. The summed E-state index contributed by atoms with van der Waals surface area (Å²) >= 11 is 0.266. The molecule has 0 spiro atoms. The predicted molar refractivity (Wildman–Crippen MR) is 136 cm³/mol. The summed E-state index contributed by atoms with van der Waals surface area (Å²) in [6.07, 6.45) is 0. The van der Waals surface area contributed by atoms with Gasteiger partial charge < -0.3 is 0 Å². The molecule has 0 aliphatic heterocycles. The van der Waals surface area contributed by atoms with Crippen molar-refractivity contribution in [1.29, 1.82) is 0 Å². The number of carbonyl (C=O) groups is 2. The molecule has 0 radical (unpaired) electrons. The first-order valence-corrected chi connectivity index (χ1v) is 16.3. The summed E-state index contributed by atoms with van der Waals surface area (Å²) in [4.78, 5) is 25.2. The standard InChI is InChI=1S/C26H20N2O4Se2/c29-21-11-7-19(8-12-21)27-25(31)17-3-1-5-23(15-17)33-34-24-6-2-4-18(16-24)26(32)28-20-9-13-22(30)14-10-20/h1-16,29-30H,(H,27,31)(H,28,32). The molecule has 0 saturated carbocycles. The van der Waals surface area contributed by atoms with Crippen LogP contribution in [0.3, 0.4) is 0 Å². The van der Waals surface area contributed by atoms with Crippen molar-refractivity contribution >= 4 is 58.4 Å². The van der Waals surface area contributed by atoms with Gasteiger partial charge in [-0.3, -0.25) is 0 Å². The third kappa shape index (κ3) is 6.50. The predicted octanol–water partition coefficient (Wildman–Crippen LogP) is 2.88. The second-order valence-electron chi connectivity index (χ2n) is 7.22. The molecule has 4 rings (SSSR count). The Morgan fingerprint density at radius 3 is 1.32 bits per heavy atom. The molecule has 0 atom stereocenters. The van der Waals surface area contributed by atoms with Gasteiger partial charge in [0.2, 0.25) is 0 Å². The van der Waals surface area contributed by atoms with Crippen LogP contribution in [0.4, 0.5) is 11.4 Å². The van der Waals surface area contributed by atoms with Crippen molar-refractivity contribution in [2.45, 2.75) is 0 Å². The Balaban J connectivity index is 1.38. The summed E-state index contributed by atoms with van der Waals surface area (Å²) in [5.41, 5.74) is 2.38. The normalized spacial score (nSPS) is 10.5. The molecule has 0 aliphatic carbocycles. The fourth-order valence-corrected chi connectivity index (χ4v) is 9.03. The molecule has 2 amide bonds. The van der Waals surface area contributed by atoms with E-state index in [-0.39, 0.29) is 49.6 Å². The van der Waals surface area contributed by atoms with Crippen molar-refractivity contribution in [3.8, 4) is 11.5 Å². The fourth-order valence-electron chi connectivity index (χ4n) is 2.97. The quantitative estimate of drug-likeness (QED) is 0.199. The van der Waals surface area contributed by atoms with Gasteiger partial charge in [-0.2, -0.15) is 0 Å². The van der Waals surface area contributed by atoms with Crippen LogP contribution >= 0.6 is 0 Å². The van der Waals surface area contributed by atoms with Crippen molar-refractivity contribution in [3.63, 3.8) is 0 Å². The summed E-state index contributed by atoms with van der Waals surface area (Å²) in [5, 5.41) is 24.4. The second-order valence-corrected chi connectivity index (χ2v) is 13.5. The van der Waals surface area contributed by atoms with Crippen molar-refractivity contribution in [1.82, 2.24) is 0 Å². The molecular formula is C26H20N2O4Se2. The molecule has 0 bridgehead atoms. The van der Waals surface area contributed by atoms with Gasteiger partial charge >= 0.3 is 208 Å². The summed E-state index contributed by atoms with van der Waals surface area (Å²) < 4.78 is 2.20. The van der Waals surface area contributed by atoms with E-state index in [1.807, 2.05) is 36.4 Å². The Bertz CT molecular complexity index is 1210. The molecule has 0 saturated heterocycles. The van der Waals surface area contributed by atoms with Gasteiger partial charge in [0.15, 0.2) is 0 Å². The number of phenols is 2. The van der Waals surface area contributed by atoms with E-state index in [0.717, 1.165) is 8.92 Å². The summed E-state index contributed by atoms with van der Waals surface area (Å²) in [5.74, 6) is -0.119. The van der Waals surface area contributed by atoms with Crippen LogP contribution in [0.2, 0.25) is 0 Å². The Morgan fingerprint density at radius 1 is 0.559 bits per heavy atom. The SMILES string of the molecule is O=C(Nc1ccc(O)cc1)c1cccc([Se][Se]c2cccc(C(=O)Nc3ccc(O)cc3)c2)c1. The van der Waals surface area contributed by atoms with Gasteiger partial charge in [-0.15, -0.1) is 0 Å². The molecule has 0 unspecified atom stereocenters. The van der Waals surface area contributed by atoms with E-state index in [1.54, 1.807) is 36.4 Å². The minimum absolute atomic E-state index is 0.133. The number of hydrogen-bond acceptors (Lipinski definition) is 4. The number of amides is 2. The van der Waals surface area contributed by atoms with E-state index in [2.05, 4.69) is 10.6 Å². The van der Waals surface area contributed by atoms with Crippen molar-refractivity contribution in [2.75, 3.05) is 10.6 Å². The van der Waals surface area contributed by atoms with Crippen LogP contribution in [0, 0.1) is 0 Å². The number of aromatic hydroxyl groups is 2. The Morgan fingerprint density at radius 2 is 0.941 bits per heavy atom. The zero-order valence-corrected chi connectivity index (χ0v) is 21.2. The van der Waals surface area contributed by atoms with Crippen molar-refractivity contribution in [2.24, 2.45) is 0 Å². The molecule has 6 nitrogen and oxygen atoms in total. The van der Waals surface area contributed by atoms with E-state index < -0.39 is 0 Å². The molecule has 0 heterocycles. The first kappa shape index (κ1) is 23.6. The Labute approximate surface area is 207 Å². The van der Waals surface area contributed by atoms with Crippen LogP contribution in [0.1, 0.15) is 20.7 Å². The first-order valence-electron chi connectivity index (χ1n) is 10.2. The Hall–Kier alpha value is -3.54. The van der Waals surface area contributed by atoms with E-state index in [1.165, 1.54) is 24.3 Å². The number of benzene rings is 4. The number of nitrogens with one attached hydrogen (secondary N) is 2. The number of phenolic OH excluding ortho intramolecular Hbond substituents is 2. The van der Waals surface area contributed by atoms with E-state index in [0.29, 0.717) is 22.5 Å². The third-order valence-electron chi connectivity index (χ3n) is 4.68. The number of rotatable bonds is 7. The second kappa shape index (κ2) is 11.1. The molecule has 0 fully saturated rings. The summed E-state index contributed by atoms with van der Waals surface area (Å²) in [6, 6.07) is 27.8. The van der Waals surface area contributed by atoms with Crippen LogP contribution in [0.25, 0.3) is 0 Å². The number of hydrogen-bond donors (Lipinski definition) is 4. The van der Waals surface area contributed by atoms with Gasteiger partial charge in [0.1, 0.15) is 0 Å². The van der Waals surface area contributed by atoms with Crippen LogP contribution in [0.5, 0.6) is 11.5 Å². The zero-order valence-electron chi connectivity index (χ0n) is 17.8. The van der Waals surface area contributed by atoms with Crippen LogP contribution in [-0.4, -0.2) is 48.3 Å². The van der Waals surface area contributed by atoms with Gasteiger partial charge in [-0.25, -0.2) is 0 Å². The van der Waals surface area contributed by atoms with E-state index >= 15 is 0 Å². The minimum atomic E-state index is -0.205. The third-order valence-corrected chi connectivity index (χ3v) is 11.8. The number of anilines is 2. The van der Waals surface area contributed by atoms with E-state index in [4.69, 9.17) is 0 Å². The monoisotopic (exact) mass is 584 g/mol. The zero-order chi connectivity index (χ0) is 23.9. The molecular weight excluding hydrogens is 562 g/mol. The van der Waals surface area contributed by atoms with Gasteiger partial charge in [-0.1, -0.05) is 0 Å². The molecule has 170 valence electrons. The van der Waals surface area contributed by atoms with Crippen LogP contribution in [0.15, 0.2) is 97.1 Å². The molecule has 0 aromatic heterocycles. The molecule has 4 aromatic carbocycles. The van der Waals surface area contributed by atoms with Crippen LogP contribution < -0.4 is 19.6 Å². The van der Waals surface area contributed by atoms with Gasteiger partial charge in [-0.05, 0) is 0 Å². The van der Waals surface area contributed by atoms with Crippen LogP contribution in [-0.2, 0) is 0 Å². The van der Waals surface area contributed by atoms with Gasteiger partial charge in [0, 0.05) is 0 Å². The maximum atomic E-state index is 12.6. The topological polar surface area (TPSA) is 98.7 Å². The summed E-state index contributed by atoms with van der Waals surface area (Å²) in [6.45, 7) is 0. The average Bonchev–Trinajstić information content (AvgIpc) is 2.86. The molecule has 8 heteroatoms. The Kier molecular flexibility index (Phi) is 7.68. The average molecular weight is 582 g/mol. The van der Waals surface area contributed by atoms with Crippen molar-refractivity contribution < 1.29 is 19.8 Å². The van der Waals surface area contributed by atoms with Gasteiger partial charge in [0.05, 0.1) is 0 Å².